The summed E-state index contributed by atoms with van der Waals surface area (Å²) in [4.78, 5) is 38.8. The number of aromatic nitrogens is 3. The zero-order valence-electron chi connectivity index (χ0n) is 17.5. The van der Waals surface area contributed by atoms with Gasteiger partial charge in [-0.3, -0.25) is 10.1 Å². The molecule has 5 rings (SSSR count). The Morgan fingerprint density at radius 1 is 1.31 bits per heavy atom. The molecule has 3 N–H and O–H groups in total. The average molecular weight is 429 g/mol. The number of benzene rings is 1. The number of hydrogen-bond acceptors (Lipinski definition) is 5. The number of pyridine rings is 1. The Morgan fingerprint density at radius 2 is 2.16 bits per heavy atom. The van der Waals surface area contributed by atoms with Crippen molar-refractivity contribution >= 4 is 34.5 Å². The standard InChI is InChI=1S/C23H23N7O2/c24-14-23(15-5-6-15)9-12-30(21(23)31)16-7-10-25-20(13-16)29-22(32)26-11-8-19-27-17-3-1-2-4-18(17)28-19/h1-4,7,10,13,15H,5-6,8-9,11-12H2,(H,27,28)(H2,25,26,29,32)/t23-/m1/s1. The summed E-state index contributed by atoms with van der Waals surface area (Å²) < 4.78 is 0. The highest BCUT2D eigenvalue weighted by Crippen LogP contribution is 2.51. The number of carbonyl (C=O) groups is 2. The first-order valence-corrected chi connectivity index (χ1v) is 10.8. The summed E-state index contributed by atoms with van der Waals surface area (Å²) in [6.45, 7) is 0.901. The Bertz CT molecular complexity index is 1190. The predicted octanol–water partition coefficient (Wildman–Crippen LogP) is 2.98. The van der Waals surface area contributed by atoms with Crippen LogP contribution < -0.4 is 15.5 Å². The van der Waals surface area contributed by atoms with Crippen LogP contribution in [0, 0.1) is 22.7 Å². The number of nitriles is 1. The van der Waals surface area contributed by atoms with E-state index in [0.717, 1.165) is 29.7 Å². The molecule has 0 spiro atoms. The number of hydrogen-bond donors (Lipinski definition) is 3. The molecule has 2 fully saturated rings. The van der Waals surface area contributed by atoms with Gasteiger partial charge in [0.2, 0.25) is 5.91 Å². The molecule has 9 nitrogen and oxygen atoms in total. The molecule has 2 aromatic heterocycles. The third-order valence-corrected chi connectivity index (χ3v) is 6.21. The van der Waals surface area contributed by atoms with Crippen molar-refractivity contribution in [2.24, 2.45) is 11.3 Å². The largest absolute Gasteiger partial charge is 0.342 e. The highest BCUT2D eigenvalue weighted by molar-refractivity contribution is 6.02. The third kappa shape index (κ3) is 3.64. The molecule has 1 saturated heterocycles. The average Bonchev–Trinajstić information content (AvgIpc) is 3.48. The van der Waals surface area contributed by atoms with Crippen molar-refractivity contribution in [2.75, 3.05) is 23.3 Å². The normalized spacial score (nSPS) is 20.3. The molecule has 2 aliphatic rings. The van der Waals surface area contributed by atoms with Gasteiger partial charge in [0.05, 0.1) is 17.1 Å². The minimum Gasteiger partial charge on any atom is -0.342 e. The molecular weight excluding hydrogens is 406 g/mol. The molecule has 1 aliphatic heterocycles. The molecule has 1 atom stereocenters. The van der Waals surface area contributed by atoms with E-state index in [9.17, 15) is 14.9 Å². The van der Waals surface area contributed by atoms with Crippen LogP contribution in [0.15, 0.2) is 42.6 Å². The Morgan fingerprint density at radius 3 is 2.94 bits per heavy atom. The van der Waals surface area contributed by atoms with Crippen molar-refractivity contribution in [3.8, 4) is 6.07 Å². The molecule has 0 bridgehead atoms. The van der Waals surface area contributed by atoms with E-state index in [4.69, 9.17) is 0 Å². The number of anilines is 2. The number of urea groups is 1. The van der Waals surface area contributed by atoms with Crippen LogP contribution in [0.2, 0.25) is 0 Å². The highest BCUT2D eigenvalue weighted by atomic mass is 16.2. The first-order valence-electron chi connectivity index (χ1n) is 10.8. The van der Waals surface area contributed by atoms with Gasteiger partial charge in [-0.2, -0.15) is 5.26 Å². The first kappa shape index (κ1) is 20.0. The lowest BCUT2D eigenvalue weighted by atomic mass is 9.83. The Balaban J connectivity index is 1.18. The van der Waals surface area contributed by atoms with E-state index in [2.05, 4.69) is 31.7 Å². The minimum absolute atomic E-state index is 0.144. The predicted molar refractivity (Wildman–Crippen MR) is 119 cm³/mol. The Labute approximate surface area is 184 Å². The Hall–Kier alpha value is -3.93. The van der Waals surface area contributed by atoms with Gasteiger partial charge in [0, 0.05) is 37.5 Å². The number of aromatic amines is 1. The van der Waals surface area contributed by atoms with Gasteiger partial charge in [-0.05, 0) is 43.4 Å². The summed E-state index contributed by atoms with van der Waals surface area (Å²) in [6, 6.07) is 13.1. The van der Waals surface area contributed by atoms with E-state index in [1.165, 1.54) is 0 Å². The van der Waals surface area contributed by atoms with E-state index in [-0.39, 0.29) is 17.9 Å². The zero-order valence-corrected chi connectivity index (χ0v) is 17.5. The maximum absolute atomic E-state index is 13.0. The zero-order chi connectivity index (χ0) is 22.1. The third-order valence-electron chi connectivity index (χ3n) is 6.21. The Kier molecular flexibility index (Phi) is 4.98. The van der Waals surface area contributed by atoms with Crippen LogP contribution in [0.1, 0.15) is 25.1 Å². The lowest BCUT2D eigenvalue weighted by Crippen LogP contribution is -2.35. The number of amides is 3. The molecule has 3 aromatic rings. The number of nitrogens with zero attached hydrogens (tertiary/aromatic N) is 4. The van der Waals surface area contributed by atoms with Gasteiger partial charge in [0.25, 0.3) is 0 Å². The molecule has 32 heavy (non-hydrogen) atoms. The first-order chi connectivity index (χ1) is 15.6. The van der Waals surface area contributed by atoms with E-state index in [0.29, 0.717) is 37.4 Å². The van der Waals surface area contributed by atoms with Gasteiger partial charge < -0.3 is 15.2 Å². The van der Waals surface area contributed by atoms with Crippen molar-refractivity contribution in [2.45, 2.75) is 25.7 Å². The van der Waals surface area contributed by atoms with E-state index < -0.39 is 5.41 Å². The number of rotatable bonds is 6. The summed E-state index contributed by atoms with van der Waals surface area (Å²) >= 11 is 0. The van der Waals surface area contributed by atoms with Crippen LogP contribution in [-0.2, 0) is 11.2 Å². The van der Waals surface area contributed by atoms with Gasteiger partial charge in [0.1, 0.15) is 17.1 Å². The lowest BCUT2D eigenvalue weighted by molar-refractivity contribution is -0.123. The number of nitrogens with one attached hydrogen (secondary N) is 3. The van der Waals surface area contributed by atoms with Crippen LogP contribution in [-0.4, -0.2) is 40.0 Å². The van der Waals surface area contributed by atoms with Gasteiger partial charge >= 0.3 is 6.03 Å². The molecule has 1 aliphatic carbocycles. The highest BCUT2D eigenvalue weighted by Gasteiger charge is 2.56. The molecule has 1 aromatic carbocycles. The smallest absolute Gasteiger partial charge is 0.320 e. The fourth-order valence-electron chi connectivity index (χ4n) is 4.37. The van der Waals surface area contributed by atoms with E-state index >= 15 is 0 Å². The topological polar surface area (TPSA) is 127 Å². The number of H-pyrrole nitrogens is 1. The SMILES string of the molecule is N#C[C@@]1(C2CC2)CCN(c2ccnc(NC(=O)NCCc3nc4ccccc4[nH]3)c2)C1=O. The molecule has 162 valence electrons. The van der Waals surface area contributed by atoms with Crippen LogP contribution >= 0.6 is 0 Å². The molecule has 3 amide bonds. The molecule has 0 unspecified atom stereocenters. The van der Waals surface area contributed by atoms with Gasteiger partial charge in [-0.1, -0.05) is 12.1 Å². The van der Waals surface area contributed by atoms with Gasteiger partial charge in [0.15, 0.2) is 0 Å². The lowest BCUT2D eigenvalue weighted by Gasteiger charge is -2.21. The second kappa shape index (κ2) is 7.96. The maximum Gasteiger partial charge on any atom is 0.320 e. The summed E-state index contributed by atoms with van der Waals surface area (Å²) in [5, 5.41) is 15.2. The van der Waals surface area contributed by atoms with Crippen molar-refractivity contribution < 1.29 is 9.59 Å². The fraction of sp³-hybridized carbons (Fsp3) is 0.348. The molecule has 3 heterocycles. The summed E-state index contributed by atoms with van der Waals surface area (Å²) in [7, 11) is 0. The molecule has 1 saturated carbocycles. The van der Waals surface area contributed by atoms with E-state index in [1.54, 1.807) is 23.2 Å². The van der Waals surface area contributed by atoms with E-state index in [1.807, 2.05) is 24.3 Å². The maximum atomic E-state index is 13.0. The van der Waals surface area contributed by atoms with Crippen LogP contribution in [0.3, 0.4) is 0 Å². The number of para-hydroxylation sites is 2. The second-order valence-corrected chi connectivity index (χ2v) is 8.30. The summed E-state index contributed by atoms with van der Waals surface area (Å²) in [5.41, 5.74) is 1.60. The van der Waals surface area contributed by atoms with Crippen LogP contribution in [0.25, 0.3) is 11.0 Å². The fourth-order valence-corrected chi connectivity index (χ4v) is 4.37. The molecule has 0 radical (unpaired) electrons. The van der Waals surface area contributed by atoms with Gasteiger partial charge in [-0.15, -0.1) is 0 Å². The van der Waals surface area contributed by atoms with Crippen molar-refractivity contribution in [3.05, 3.63) is 48.4 Å². The molecular formula is C23H23N7O2. The summed E-state index contributed by atoms with van der Waals surface area (Å²) in [5.74, 6) is 1.17. The second-order valence-electron chi connectivity index (χ2n) is 8.30. The van der Waals surface area contributed by atoms with Crippen molar-refractivity contribution in [3.63, 3.8) is 0 Å². The quantitative estimate of drug-likeness (QED) is 0.555. The minimum atomic E-state index is -0.898. The summed E-state index contributed by atoms with van der Waals surface area (Å²) in [6.07, 6.45) is 4.53. The monoisotopic (exact) mass is 429 g/mol. The van der Waals surface area contributed by atoms with Crippen molar-refractivity contribution in [1.82, 2.24) is 20.3 Å². The van der Waals surface area contributed by atoms with Crippen molar-refractivity contribution in [1.29, 1.82) is 5.26 Å². The molecule has 9 heteroatoms. The van der Waals surface area contributed by atoms with Crippen LogP contribution in [0.4, 0.5) is 16.3 Å². The number of fused-ring (bicyclic) bond motifs is 1. The number of imidazole rings is 1. The van der Waals surface area contributed by atoms with Crippen LogP contribution in [0.5, 0.6) is 0 Å². The number of carbonyl (C=O) groups excluding carboxylic acids is 2. The van der Waals surface area contributed by atoms with Gasteiger partial charge in [-0.25, -0.2) is 14.8 Å².